The molecule has 0 atom stereocenters. The summed E-state index contributed by atoms with van der Waals surface area (Å²) in [5, 5.41) is 13.9. The predicted molar refractivity (Wildman–Crippen MR) is 134 cm³/mol. The number of aromatic nitrogens is 1. The van der Waals surface area contributed by atoms with Crippen LogP contribution in [0.1, 0.15) is 54.4 Å². The Morgan fingerprint density at radius 2 is 1.70 bits per heavy atom. The summed E-state index contributed by atoms with van der Waals surface area (Å²) in [5.41, 5.74) is 0.804. The normalized spacial score (nSPS) is 14.0. The molecule has 1 aromatic carbocycles. The first-order chi connectivity index (χ1) is 17.8. The highest BCUT2D eigenvalue weighted by molar-refractivity contribution is 7.90. The predicted octanol–water partition coefficient (Wildman–Crippen LogP) is 1.91. The molecular formula is C25H32N4O7S. The standard InChI is InChI=1S/C25H32N4O7S/c30-15-14-27-25(33)36-23-11-8-20(17-28-23)24(32)29-37(34,35)21-9-6-18(7-10-21)12-13-26-22(31)16-19-4-2-1-3-5-19/h6-11,17,19,30H,1-5,12-16H2,(H,26,31)(H,27,33)(H,29,32). The Hall–Kier alpha value is -3.51. The van der Waals surface area contributed by atoms with Crippen LogP contribution >= 0.6 is 0 Å². The van der Waals surface area contributed by atoms with Crippen LogP contribution in [0, 0.1) is 5.92 Å². The van der Waals surface area contributed by atoms with E-state index < -0.39 is 22.0 Å². The van der Waals surface area contributed by atoms with E-state index in [2.05, 4.69) is 15.6 Å². The van der Waals surface area contributed by atoms with Gasteiger partial charge < -0.3 is 20.5 Å². The van der Waals surface area contributed by atoms with Gasteiger partial charge >= 0.3 is 6.09 Å². The van der Waals surface area contributed by atoms with Gasteiger partial charge in [0.1, 0.15) is 0 Å². The Bertz CT molecular complexity index is 1160. The van der Waals surface area contributed by atoms with Crippen molar-refractivity contribution >= 4 is 27.9 Å². The number of hydrogen-bond acceptors (Lipinski definition) is 8. The van der Waals surface area contributed by atoms with Gasteiger partial charge in [-0.05, 0) is 48.9 Å². The first kappa shape index (κ1) is 28.1. The largest absolute Gasteiger partial charge is 0.414 e. The van der Waals surface area contributed by atoms with Crippen LogP contribution in [-0.4, -0.2) is 56.1 Å². The first-order valence-corrected chi connectivity index (χ1v) is 13.7. The zero-order valence-corrected chi connectivity index (χ0v) is 21.3. The number of nitrogens with one attached hydrogen (secondary N) is 3. The van der Waals surface area contributed by atoms with Gasteiger partial charge in [0.15, 0.2) is 0 Å². The average Bonchev–Trinajstić information content (AvgIpc) is 2.88. The van der Waals surface area contributed by atoms with Crippen molar-refractivity contribution in [2.45, 2.75) is 49.8 Å². The maximum absolute atomic E-state index is 12.6. The van der Waals surface area contributed by atoms with Gasteiger partial charge in [-0.15, -0.1) is 0 Å². The first-order valence-electron chi connectivity index (χ1n) is 12.2. The van der Waals surface area contributed by atoms with Crippen molar-refractivity contribution in [3.05, 3.63) is 53.7 Å². The highest BCUT2D eigenvalue weighted by Crippen LogP contribution is 2.26. The van der Waals surface area contributed by atoms with Crippen LogP contribution in [0.5, 0.6) is 5.88 Å². The smallest absolute Gasteiger partial charge is 0.395 e. The zero-order valence-electron chi connectivity index (χ0n) is 20.4. The number of hydrogen-bond donors (Lipinski definition) is 4. The summed E-state index contributed by atoms with van der Waals surface area (Å²) in [7, 11) is -4.13. The maximum Gasteiger partial charge on any atom is 0.414 e. The maximum atomic E-state index is 12.6. The molecule has 1 heterocycles. The van der Waals surface area contributed by atoms with E-state index in [0.29, 0.717) is 25.3 Å². The Morgan fingerprint density at radius 1 is 0.973 bits per heavy atom. The van der Waals surface area contributed by atoms with E-state index in [4.69, 9.17) is 9.84 Å². The number of nitrogens with zero attached hydrogens (tertiary/aromatic N) is 1. The van der Waals surface area contributed by atoms with Crippen molar-refractivity contribution < 1.29 is 32.6 Å². The van der Waals surface area contributed by atoms with E-state index in [1.54, 1.807) is 12.1 Å². The van der Waals surface area contributed by atoms with Crippen molar-refractivity contribution in [2.75, 3.05) is 19.7 Å². The van der Waals surface area contributed by atoms with Crippen LogP contribution < -0.4 is 20.1 Å². The second-order valence-corrected chi connectivity index (χ2v) is 10.5. The molecule has 3 amide bonds. The molecule has 4 N–H and O–H groups in total. The fraction of sp³-hybridized carbons (Fsp3) is 0.440. The number of carbonyl (C=O) groups excluding carboxylic acids is 3. The molecule has 0 radical (unpaired) electrons. The minimum absolute atomic E-state index is 0.00903. The summed E-state index contributed by atoms with van der Waals surface area (Å²) in [6.45, 7) is 0.219. The van der Waals surface area contributed by atoms with E-state index in [1.807, 2.05) is 4.72 Å². The van der Waals surface area contributed by atoms with Crippen LogP contribution in [0.2, 0.25) is 0 Å². The van der Waals surface area contributed by atoms with Gasteiger partial charge in [-0.2, -0.15) is 0 Å². The molecule has 0 unspecified atom stereocenters. The highest BCUT2D eigenvalue weighted by atomic mass is 32.2. The summed E-state index contributed by atoms with van der Waals surface area (Å²) < 4.78 is 32.1. The van der Waals surface area contributed by atoms with Gasteiger partial charge in [0.2, 0.25) is 11.8 Å². The number of amides is 3. The van der Waals surface area contributed by atoms with Crippen LogP contribution in [-0.2, 0) is 21.2 Å². The molecule has 12 heteroatoms. The summed E-state index contributed by atoms with van der Waals surface area (Å²) in [4.78, 5) is 39.7. The van der Waals surface area contributed by atoms with Crippen molar-refractivity contribution in [1.29, 1.82) is 0 Å². The molecule has 3 rings (SSSR count). The number of carbonyl (C=O) groups is 3. The van der Waals surface area contributed by atoms with Crippen molar-refractivity contribution in [3.8, 4) is 5.88 Å². The lowest BCUT2D eigenvalue weighted by atomic mass is 9.87. The molecule has 37 heavy (non-hydrogen) atoms. The lowest BCUT2D eigenvalue weighted by Crippen LogP contribution is -2.31. The second kappa shape index (κ2) is 13.7. The Balaban J connectivity index is 1.47. The number of ether oxygens (including phenoxy) is 1. The van der Waals surface area contributed by atoms with Gasteiger partial charge in [0.05, 0.1) is 17.1 Å². The van der Waals surface area contributed by atoms with E-state index in [-0.39, 0.29) is 35.4 Å². The Kier molecular flexibility index (Phi) is 10.4. The molecule has 2 aromatic rings. The van der Waals surface area contributed by atoms with Gasteiger partial charge in [-0.25, -0.2) is 22.9 Å². The molecule has 200 valence electrons. The Morgan fingerprint density at radius 3 is 2.35 bits per heavy atom. The highest BCUT2D eigenvalue weighted by Gasteiger charge is 2.20. The van der Waals surface area contributed by atoms with E-state index in [1.165, 1.54) is 43.5 Å². The monoisotopic (exact) mass is 532 g/mol. The average molecular weight is 533 g/mol. The van der Waals surface area contributed by atoms with Crippen molar-refractivity contribution in [1.82, 2.24) is 20.3 Å². The SMILES string of the molecule is O=C(CC1CCCCC1)NCCc1ccc(S(=O)(=O)NC(=O)c2ccc(OC(=O)NCCO)nc2)cc1. The molecule has 0 bridgehead atoms. The fourth-order valence-electron chi connectivity index (χ4n) is 4.01. The minimum Gasteiger partial charge on any atom is -0.395 e. The number of benzene rings is 1. The Labute approximate surface area is 216 Å². The summed E-state index contributed by atoms with van der Waals surface area (Å²) in [6.07, 6.45) is 7.22. The number of pyridine rings is 1. The van der Waals surface area contributed by atoms with Crippen molar-refractivity contribution in [2.24, 2.45) is 5.92 Å². The van der Waals surface area contributed by atoms with E-state index in [0.717, 1.165) is 24.6 Å². The third kappa shape index (κ3) is 9.14. The summed E-state index contributed by atoms with van der Waals surface area (Å²) in [5.74, 6) is -0.476. The number of sulfonamides is 1. The molecule has 1 saturated carbocycles. The second-order valence-electron chi connectivity index (χ2n) is 8.81. The lowest BCUT2D eigenvalue weighted by molar-refractivity contribution is -0.122. The molecule has 0 aliphatic heterocycles. The molecule has 1 fully saturated rings. The topological polar surface area (TPSA) is 164 Å². The fourth-order valence-corrected chi connectivity index (χ4v) is 4.99. The minimum atomic E-state index is -4.13. The van der Waals surface area contributed by atoms with Crippen molar-refractivity contribution in [3.63, 3.8) is 0 Å². The van der Waals surface area contributed by atoms with Gasteiger partial charge in [-0.1, -0.05) is 31.4 Å². The molecule has 1 aliphatic rings. The van der Waals surface area contributed by atoms with E-state index in [9.17, 15) is 22.8 Å². The summed E-state index contributed by atoms with van der Waals surface area (Å²) in [6, 6.07) is 8.58. The molecule has 0 saturated heterocycles. The zero-order chi connectivity index (χ0) is 26.7. The van der Waals surface area contributed by atoms with Crippen LogP contribution in [0.3, 0.4) is 0 Å². The van der Waals surface area contributed by atoms with Gasteiger partial charge in [0.25, 0.3) is 15.9 Å². The van der Waals surface area contributed by atoms with Crippen LogP contribution in [0.25, 0.3) is 0 Å². The lowest BCUT2D eigenvalue weighted by Gasteiger charge is -2.20. The van der Waals surface area contributed by atoms with Gasteiger partial charge in [-0.3, -0.25) is 9.59 Å². The summed E-state index contributed by atoms with van der Waals surface area (Å²) >= 11 is 0. The third-order valence-electron chi connectivity index (χ3n) is 5.97. The third-order valence-corrected chi connectivity index (χ3v) is 7.32. The number of aliphatic hydroxyl groups excluding tert-OH is 1. The van der Waals surface area contributed by atoms with Crippen LogP contribution in [0.15, 0.2) is 47.5 Å². The molecular weight excluding hydrogens is 500 g/mol. The molecule has 1 aromatic heterocycles. The molecule has 1 aliphatic carbocycles. The van der Waals surface area contributed by atoms with Crippen LogP contribution in [0.4, 0.5) is 4.79 Å². The molecule has 0 spiro atoms. The van der Waals surface area contributed by atoms with Gasteiger partial charge in [0, 0.05) is 31.8 Å². The quantitative estimate of drug-likeness (QED) is 0.341. The number of rotatable bonds is 11. The number of aliphatic hydroxyl groups is 1. The molecule has 11 nitrogen and oxygen atoms in total. The van der Waals surface area contributed by atoms with E-state index >= 15 is 0 Å².